The summed E-state index contributed by atoms with van der Waals surface area (Å²) >= 11 is 0. The van der Waals surface area contributed by atoms with Crippen molar-refractivity contribution >= 4 is 32.3 Å². The highest BCUT2D eigenvalue weighted by atomic mass is 19.1. The molecule has 0 saturated heterocycles. The van der Waals surface area contributed by atoms with E-state index in [1.165, 1.54) is 0 Å². The van der Waals surface area contributed by atoms with Crippen LogP contribution < -0.4 is 0 Å². The van der Waals surface area contributed by atoms with Gasteiger partial charge in [0, 0.05) is 10.8 Å². The van der Waals surface area contributed by atoms with Crippen molar-refractivity contribution in [3.8, 4) is 0 Å². The van der Waals surface area contributed by atoms with Gasteiger partial charge in [0.25, 0.3) is 0 Å². The first-order valence-electron chi connectivity index (χ1n) is 6.75. The van der Waals surface area contributed by atoms with Crippen molar-refractivity contribution < 1.29 is 4.39 Å². The van der Waals surface area contributed by atoms with Crippen LogP contribution in [0.25, 0.3) is 32.3 Å². The molecule has 4 rings (SSSR count). The summed E-state index contributed by atoms with van der Waals surface area (Å²) in [5, 5.41) is 5.70. The van der Waals surface area contributed by atoms with Crippen molar-refractivity contribution in [1.82, 2.24) is 0 Å². The third-order valence-corrected chi connectivity index (χ3v) is 4.11. The Bertz CT molecular complexity index is 967. The number of benzene rings is 4. The molecular weight excluding hydrogens is 247 g/mol. The van der Waals surface area contributed by atoms with Crippen LogP contribution in [-0.4, -0.2) is 0 Å². The van der Waals surface area contributed by atoms with Gasteiger partial charge in [0.05, 0.1) is 0 Å². The fraction of sp³-hybridized carbons (Fsp3) is 0.0526. The van der Waals surface area contributed by atoms with Gasteiger partial charge in [-0.2, -0.15) is 0 Å². The minimum absolute atomic E-state index is 0.119. The first-order chi connectivity index (χ1) is 9.77. The van der Waals surface area contributed by atoms with E-state index in [2.05, 4.69) is 19.1 Å². The fourth-order valence-electron chi connectivity index (χ4n) is 3.14. The molecule has 20 heavy (non-hydrogen) atoms. The molecule has 0 saturated carbocycles. The SMILES string of the molecule is Cc1c2ccccc2c(F)c2ccc3ccccc3c12. The quantitative estimate of drug-likeness (QED) is 0.285. The zero-order chi connectivity index (χ0) is 13.7. The van der Waals surface area contributed by atoms with Crippen molar-refractivity contribution in [1.29, 1.82) is 0 Å². The third-order valence-electron chi connectivity index (χ3n) is 4.11. The largest absolute Gasteiger partial charge is 0.206 e. The number of rotatable bonds is 0. The van der Waals surface area contributed by atoms with Crippen LogP contribution >= 0.6 is 0 Å². The lowest BCUT2D eigenvalue weighted by atomic mass is 9.93. The fourth-order valence-corrected chi connectivity index (χ4v) is 3.14. The molecule has 1 heteroatoms. The minimum Gasteiger partial charge on any atom is -0.206 e. The second kappa shape index (κ2) is 4.04. The van der Waals surface area contributed by atoms with E-state index < -0.39 is 0 Å². The van der Waals surface area contributed by atoms with Crippen molar-refractivity contribution in [3.05, 3.63) is 72.0 Å². The molecule has 96 valence electrons. The number of halogens is 1. The summed E-state index contributed by atoms with van der Waals surface area (Å²) < 4.78 is 14.8. The number of fused-ring (bicyclic) bond motifs is 4. The molecule has 0 aromatic heterocycles. The molecule has 0 bridgehead atoms. The lowest BCUT2D eigenvalue weighted by molar-refractivity contribution is 0.651. The molecule has 0 fully saturated rings. The van der Waals surface area contributed by atoms with Gasteiger partial charge in [-0.1, -0.05) is 60.7 Å². The number of hydrogen-bond acceptors (Lipinski definition) is 0. The molecule has 0 amide bonds. The van der Waals surface area contributed by atoms with Gasteiger partial charge < -0.3 is 0 Å². The average Bonchev–Trinajstić information content (AvgIpc) is 2.51. The second-order valence-electron chi connectivity index (χ2n) is 5.19. The molecule has 0 N–H and O–H groups in total. The molecule has 4 aromatic carbocycles. The molecule has 0 aliphatic carbocycles. The Kier molecular flexibility index (Phi) is 2.31. The summed E-state index contributed by atoms with van der Waals surface area (Å²) in [6, 6.07) is 19.8. The van der Waals surface area contributed by atoms with Crippen molar-refractivity contribution in [2.45, 2.75) is 6.92 Å². The maximum atomic E-state index is 14.8. The predicted octanol–water partition coefficient (Wildman–Crippen LogP) is 5.59. The summed E-state index contributed by atoms with van der Waals surface area (Å²) in [4.78, 5) is 0. The highest BCUT2D eigenvalue weighted by Crippen LogP contribution is 2.35. The van der Waals surface area contributed by atoms with Crippen LogP contribution in [-0.2, 0) is 0 Å². The van der Waals surface area contributed by atoms with Gasteiger partial charge in [0.1, 0.15) is 5.82 Å². The van der Waals surface area contributed by atoms with Crippen LogP contribution in [0.2, 0.25) is 0 Å². The first kappa shape index (κ1) is 11.4. The lowest BCUT2D eigenvalue weighted by Gasteiger charge is -2.12. The van der Waals surface area contributed by atoms with Crippen LogP contribution in [0.5, 0.6) is 0 Å². The van der Waals surface area contributed by atoms with Crippen molar-refractivity contribution in [3.63, 3.8) is 0 Å². The molecule has 0 heterocycles. The molecule has 0 aliphatic heterocycles. The molecule has 0 unspecified atom stereocenters. The van der Waals surface area contributed by atoms with Crippen molar-refractivity contribution in [2.24, 2.45) is 0 Å². The van der Waals surface area contributed by atoms with Crippen LogP contribution in [0.3, 0.4) is 0 Å². The zero-order valence-corrected chi connectivity index (χ0v) is 11.2. The maximum absolute atomic E-state index is 14.8. The van der Waals surface area contributed by atoms with Gasteiger partial charge in [-0.3, -0.25) is 0 Å². The van der Waals surface area contributed by atoms with Crippen LogP contribution in [0.15, 0.2) is 60.7 Å². The summed E-state index contributed by atoms with van der Waals surface area (Å²) in [5.74, 6) is -0.119. The maximum Gasteiger partial charge on any atom is 0.138 e. The molecule has 0 nitrogen and oxygen atoms in total. The topological polar surface area (TPSA) is 0 Å². The predicted molar refractivity (Wildman–Crippen MR) is 83.7 cm³/mol. The van der Waals surface area contributed by atoms with Gasteiger partial charge in [0.2, 0.25) is 0 Å². The van der Waals surface area contributed by atoms with E-state index in [-0.39, 0.29) is 5.82 Å². The first-order valence-corrected chi connectivity index (χ1v) is 6.75. The standard InChI is InChI=1S/C19H13F/c1-12-14-7-4-5-9-16(14)19(20)17-11-10-13-6-2-3-8-15(13)18(12)17/h2-11H,1H3. The van der Waals surface area contributed by atoms with Gasteiger partial charge in [-0.25, -0.2) is 4.39 Å². The Morgan fingerprint density at radius 3 is 2.10 bits per heavy atom. The Hall–Kier alpha value is -2.41. The van der Waals surface area contributed by atoms with Gasteiger partial charge >= 0.3 is 0 Å². The van der Waals surface area contributed by atoms with E-state index in [1.807, 2.05) is 48.5 Å². The Morgan fingerprint density at radius 2 is 1.30 bits per heavy atom. The molecule has 0 radical (unpaired) electrons. The lowest BCUT2D eigenvalue weighted by Crippen LogP contribution is -1.90. The average molecular weight is 260 g/mol. The molecular formula is C19H13F. The molecule has 0 atom stereocenters. The van der Waals surface area contributed by atoms with Gasteiger partial charge in [-0.05, 0) is 34.0 Å². The summed E-state index contributed by atoms with van der Waals surface area (Å²) in [5.41, 5.74) is 1.15. The third kappa shape index (κ3) is 1.41. The Morgan fingerprint density at radius 1 is 0.650 bits per heavy atom. The minimum atomic E-state index is -0.119. The highest BCUT2D eigenvalue weighted by Gasteiger charge is 2.12. The number of aryl methyl sites for hydroxylation is 1. The zero-order valence-electron chi connectivity index (χ0n) is 11.2. The summed E-state index contributed by atoms with van der Waals surface area (Å²) in [7, 11) is 0. The Balaban J connectivity index is 2.38. The highest BCUT2D eigenvalue weighted by molar-refractivity contribution is 6.14. The summed E-state index contributed by atoms with van der Waals surface area (Å²) in [6.07, 6.45) is 0. The normalized spacial score (nSPS) is 11.5. The van der Waals surface area contributed by atoms with E-state index in [0.29, 0.717) is 10.8 Å². The van der Waals surface area contributed by atoms with Crippen LogP contribution in [0.1, 0.15) is 5.56 Å². The second-order valence-corrected chi connectivity index (χ2v) is 5.19. The molecule has 0 spiro atoms. The van der Waals surface area contributed by atoms with Gasteiger partial charge in [0.15, 0.2) is 0 Å². The van der Waals surface area contributed by atoms with E-state index >= 15 is 0 Å². The van der Waals surface area contributed by atoms with Crippen LogP contribution in [0, 0.1) is 12.7 Å². The molecule has 0 aliphatic rings. The number of hydrogen-bond donors (Lipinski definition) is 0. The van der Waals surface area contributed by atoms with Gasteiger partial charge in [-0.15, -0.1) is 0 Å². The van der Waals surface area contributed by atoms with E-state index in [9.17, 15) is 4.39 Å². The van der Waals surface area contributed by atoms with Crippen LogP contribution in [0.4, 0.5) is 4.39 Å². The van der Waals surface area contributed by atoms with E-state index in [0.717, 1.165) is 27.1 Å². The molecule has 4 aromatic rings. The Labute approximate surface area is 116 Å². The van der Waals surface area contributed by atoms with Crippen molar-refractivity contribution in [2.75, 3.05) is 0 Å². The monoisotopic (exact) mass is 260 g/mol. The smallest absolute Gasteiger partial charge is 0.138 e. The summed E-state index contributed by atoms with van der Waals surface area (Å²) in [6.45, 7) is 2.08. The van der Waals surface area contributed by atoms with E-state index in [1.54, 1.807) is 0 Å². The van der Waals surface area contributed by atoms with E-state index in [4.69, 9.17) is 0 Å².